The molecule has 0 bridgehead atoms. The second-order valence-electron chi connectivity index (χ2n) is 2.40. The Morgan fingerprint density at radius 2 is 2.50 bits per heavy atom. The quantitative estimate of drug-likeness (QED) is 0.327. The Morgan fingerprint density at radius 3 is 3.00 bits per heavy atom. The normalized spacial score (nSPS) is 30.4. The maximum absolute atomic E-state index is 5.12. The maximum atomic E-state index is 5.12. The lowest BCUT2D eigenvalue weighted by Crippen LogP contribution is -1.83. The standard InChI is InChI=1S/C9H12O/c1-3-5-6-7-9-8(4-2)10-9/h2,6-9H,3,5H2,1H3/b7-6+/t8?,9-/m1/s1. The lowest BCUT2D eigenvalue weighted by Gasteiger charge is -1.80. The summed E-state index contributed by atoms with van der Waals surface area (Å²) >= 11 is 0. The molecule has 1 fully saturated rings. The molecule has 1 heteroatoms. The lowest BCUT2D eigenvalue weighted by atomic mass is 10.2. The average Bonchev–Trinajstić information content (AvgIpc) is 2.68. The number of terminal acetylenes is 1. The fourth-order valence-electron chi connectivity index (χ4n) is 0.801. The largest absolute Gasteiger partial charge is 0.351 e. The topological polar surface area (TPSA) is 12.5 Å². The van der Waals surface area contributed by atoms with E-state index in [1.807, 2.05) is 6.08 Å². The van der Waals surface area contributed by atoms with Crippen molar-refractivity contribution in [2.75, 3.05) is 0 Å². The zero-order valence-electron chi connectivity index (χ0n) is 6.21. The summed E-state index contributed by atoms with van der Waals surface area (Å²) in [6.07, 6.45) is 11.9. The summed E-state index contributed by atoms with van der Waals surface area (Å²) in [4.78, 5) is 0. The van der Waals surface area contributed by atoms with E-state index in [9.17, 15) is 0 Å². The van der Waals surface area contributed by atoms with Crippen LogP contribution in [0.25, 0.3) is 0 Å². The number of hydrogen-bond donors (Lipinski definition) is 0. The molecule has 0 aromatic carbocycles. The van der Waals surface area contributed by atoms with Gasteiger partial charge in [0, 0.05) is 0 Å². The molecule has 0 aliphatic carbocycles. The number of epoxide rings is 1. The van der Waals surface area contributed by atoms with E-state index in [-0.39, 0.29) is 12.2 Å². The molecule has 1 heterocycles. The summed E-state index contributed by atoms with van der Waals surface area (Å²) < 4.78 is 5.09. The van der Waals surface area contributed by atoms with Crippen molar-refractivity contribution < 1.29 is 4.74 Å². The minimum Gasteiger partial charge on any atom is -0.351 e. The molecule has 1 rings (SSSR count). The predicted molar refractivity (Wildman–Crippen MR) is 41.5 cm³/mol. The highest BCUT2D eigenvalue weighted by molar-refractivity contribution is 5.15. The van der Waals surface area contributed by atoms with Gasteiger partial charge in [-0.25, -0.2) is 0 Å². The van der Waals surface area contributed by atoms with Gasteiger partial charge in [0.1, 0.15) is 12.2 Å². The van der Waals surface area contributed by atoms with E-state index in [1.165, 1.54) is 6.42 Å². The van der Waals surface area contributed by atoms with Gasteiger partial charge in [0.15, 0.2) is 0 Å². The van der Waals surface area contributed by atoms with Gasteiger partial charge in [0.25, 0.3) is 0 Å². The van der Waals surface area contributed by atoms with Crippen LogP contribution in [0.2, 0.25) is 0 Å². The molecular formula is C9H12O. The van der Waals surface area contributed by atoms with Crippen LogP contribution in [0.5, 0.6) is 0 Å². The monoisotopic (exact) mass is 136 g/mol. The SMILES string of the molecule is C#CC1O[C@@H]1/C=C/CCC. The number of hydrogen-bond acceptors (Lipinski definition) is 1. The fraction of sp³-hybridized carbons (Fsp3) is 0.556. The van der Waals surface area contributed by atoms with E-state index in [0.717, 1.165) is 6.42 Å². The van der Waals surface area contributed by atoms with E-state index < -0.39 is 0 Å². The third-order valence-electron chi connectivity index (χ3n) is 1.47. The molecule has 1 nitrogen and oxygen atoms in total. The van der Waals surface area contributed by atoms with Crippen LogP contribution in [-0.4, -0.2) is 12.2 Å². The second-order valence-corrected chi connectivity index (χ2v) is 2.40. The fourth-order valence-corrected chi connectivity index (χ4v) is 0.801. The molecule has 1 aliphatic heterocycles. The van der Waals surface area contributed by atoms with Crippen LogP contribution in [0, 0.1) is 12.3 Å². The molecule has 0 spiro atoms. The van der Waals surface area contributed by atoms with Crippen LogP contribution in [0.1, 0.15) is 19.8 Å². The van der Waals surface area contributed by atoms with E-state index >= 15 is 0 Å². The summed E-state index contributed by atoms with van der Waals surface area (Å²) in [7, 11) is 0. The lowest BCUT2D eigenvalue weighted by molar-refractivity contribution is 0.417. The Bertz CT molecular complexity index is 164. The summed E-state index contributed by atoms with van der Waals surface area (Å²) in [5.41, 5.74) is 0. The van der Waals surface area contributed by atoms with E-state index in [2.05, 4.69) is 18.9 Å². The number of unbranched alkanes of at least 4 members (excludes halogenated alkanes) is 1. The van der Waals surface area contributed by atoms with Crippen LogP contribution in [0.4, 0.5) is 0 Å². The first kappa shape index (κ1) is 7.37. The Labute approximate surface area is 62.1 Å². The van der Waals surface area contributed by atoms with Gasteiger partial charge in [0.2, 0.25) is 0 Å². The van der Waals surface area contributed by atoms with Crippen LogP contribution in [0.3, 0.4) is 0 Å². The molecule has 1 saturated heterocycles. The van der Waals surface area contributed by atoms with Crippen molar-refractivity contribution in [1.29, 1.82) is 0 Å². The molecular weight excluding hydrogens is 124 g/mol. The minimum absolute atomic E-state index is 0.0631. The molecule has 10 heavy (non-hydrogen) atoms. The molecule has 0 saturated carbocycles. The average molecular weight is 136 g/mol. The second kappa shape index (κ2) is 3.43. The number of ether oxygens (including phenoxy) is 1. The Hall–Kier alpha value is -0.740. The molecule has 0 radical (unpaired) electrons. The molecule has 0 N–H and O–H groups in total. The molecule has 54 valence electrons. The Balaban J connectivity index is 2.12. The van der Waals surface area contributed by atoms with Crippen molar-refractivity contribution >= 4 is 0 Å². The van der Waals surface area contributed by atoms with Gasteiger partial charge in [-0.05, 0) is 6.42 Å². The first-order valence-electron chi connectivity index (χ1n) is 3.66. The smallest absolute Gasteiger partial charge is 0.148 e. The van der Waals surface area contributed by atoms with Crippen molar-refractivity contribution in [3.8, 4) is 12.3 Å². The summed E-state index contributed by atoms with van der Waals surface area (Å²) in [6, 6.07) is 0. The van der Waals surface area contributed by atoms with Gasteiger partial charge in [-0.3, -0.25) is 0 Å². The van der Waals surface area contributed by atoms with Crippen LogP contribution < -0.4 is 0 Å². The van der Waals surface area contributed by atoms with E-state index in [0.29, 0.717) is 0 Å². The Morgan fingerprint density at radius 1 is 1.70 bits per heavy atom. The van der Waals surface area contributed by atoms with E-state index in [1.54, 1.807) is 0 Å². The van der Waals surface area contributed by atoms with Gasteiger partial charge in [-0.2, -0.15) is 0 Å². The zero-order chi connectivity index (χ0) is 7.40. The van der Waals surface area contributed by atoms with Crippen LogP contribution in [0.15, 0.2) is 12.2 Å². The van der Waals surface area contributed by atoms with Gasteiger partial charge < -0.3 is 4.74 Å². The summed E-state index contributed by atoms with van der Waals surface area (Å²) in [5.74, 6) is 2.54. The van der Waals surface area contributed by atoms with Gasteiger partial charge in [0.05, 0.1) is 0 Å². The van der Waals surface area contributed by atoms with Crippen molar-refractivity contribution in [1.82, 2.24) is 0 Å². The highest BCUT2D eigenvalue weighted by Gasteiger charge is 2.33. The van der Waals surface area contributed by atoms with Gasteiger partial charge in [-0.1, -0.05) is 31.4 Å². The minimum atomic E-state index is 0.0631. The summed E-state index contributed by atoms with van der Waals surface area (Å²) in [6.45, 7) is 2.15. The highest BCUT2D eigenvalue weighted by Crippen LogP contribution is 2.22. The van der Waals surface area contributed by atoms with Crippen molar-refractivity contribution in [2.24, 2.45) is 0 Å². The molecule has 0 aromatic rings. The van der Waals surface area contributed by atoms with Gasteiger partial charge >= 0.3 is 0 Å². The molecule has 1 unspecified atom stereocenters. The molecule has 0 amide bonds. The van der Waals surface area contributed by atoms with Crippen molar-refractivity contribution in [3.05, 3.63) is 12.2 Å². The first-order valence-corrected chi connectivity index (χ1v) is 3.66. The first-order chi connectivity index (χ1) is 4.88. The molecule has 0 aromatic heterocycles. The molecule has 1 aliphatic rings. The maximum Gasteiger partial charge on any atom is 0.148 e. The third kappa shape index (κ3) is 1.89. The van der Waals surface area contributed by atoms with Crippen LogP contribution in [-0.2, 0) is 4.74 Å². The summed E-state index contributed by atoms with van der Waals surface area (Å²) in [5, 5.41) is 0. The number of allylic oxidation sites excluding steroid dienone is 1. The van der Waals surface area contributed by atoms with E-state index in [4.69, 9.17) is 11.2 Å². The molecule has 2 atom stereocenters. The van der Waals surface area contributed by atoms with Crippen molar-refractivity contribution in [3.63, 3.8) is 0 Å². The van der Waals surface area contributed by atoms with Gasteiger partial charge in [-0.15, -0.1) is 6.42 Å². The highest BCUT2D eigenvalue weighted by atomic mass is 16.6. The predicted octanol–water partition coefficient (Wildman–Crippen LogP) is 1.74. The number of rotatable bonds is 3. The van der Waals surface area contributed by atoms with Crippen molar-refractivity contribution in [2.45, 2.75) is 32.0 Å². The Kier molecular flexibility index (Phi) is 2.53. The van der Waals surface area contributed by atoms with Crippen LogP contribution >= 0.6 is 0 Å². The zero-order valence-corrected chi connectivity index (χ0v) is 6.21. The third-order valence-corrected chi connectivity index (χ3v) is 1.47.